The van der Waals surface area contributed by atoms with Gasteiger partial charge in [0.05, 0.1) is 10.9 Å². The fraction of sp³-hybridized carbons (Fsp3) is 0.263. The van der Waals surface area contributed by atoms with Crippen LogP contribution in [0, 0.1) is 6.92 Å². The second-order valence-corrected chi connectivity index (χ2v) is 10.2. The Balaban J connectivity index is 2.01. The Hall–Kier alpha value is -2.26. The minimum Gasteiger partial charge on any atom is -0.251 e. The van der Waals surface area contributed by atoms with Crippen LogP contribution in [-0.4, -0.2) is 21.2 Å². The highest BCUT2D eigenvalue weighted by molar-refractivity contribution is 7.95. The van der Waals surface area contributed by atoms with Crippen LogP contribution in [0.4, 0.5) is 13.2 Å². The average Bonchev–Trinajstić information content (AvgIpc) is 3.09. The topological polar surface area (TPSA) is 55.2 Å². The van der Waals surface area contributed by atoms with Crippen molar-refractivity contribution < 1.29 is 17.4 Å². The summed E-state index contributed by atoms with van der Waals surface area (Å²) in [6, 6.07) is 11.7. The molecule has 2 aromatic heterocycles. The molecule has 0 aliphatic heterocycles. The lowest BCUT2D eigenvalue weighted by atomic mass is 10.1. The minimum atomic E-state index is -4.52. The molecule has 0 fully saturated rings. The van der Waals surface area contributed by atoms with Crippen LogP contribution in [0.3, 0.4) is 0 Å². The molecule has 9 heteroatoms. The molecule has 1 aromatic carbocycles. The van der Waals surface area contributed by atoms with Gasteiger partial charge in [-0.05, 0) is 25.5 Å². The van der Waals surface area contributed by atoms with E-state index in [-0.39, 0.29) is 0 Å². The Bertz CT molecular complexity index is 1080. The molecule has 0 aliphatic rings. The molecule has 0 radical (unpaired) electrons. The van der Waals surface area contributed by atoms with Gasteiger partial charge in [-0.1, -0.05) is 36.4 Å². The average molecular weight is 426 g/mol. The van der Waals surface area contributed by atoms with Crippen LogP contribution in [0.1, 0.15) is 28.3 Å². The lowest BCUT2D eigenvalue weighted by Gasteiger charge is -2.16. The molecular formula is C19H18F3N3OS2. The molecule has 28 heavy (non-hydrogen) atoms. The Kier molecular flexibility index (Phi) is 5.58. The number of aryl methyl sites for hydroxylation is 1. The molecule has 4 nitrogen and oxygen atoms in total. The third-order valence-electron chi connectivity index (χ3n) is 4.37. The number of alkyl halides is 3. The van der Waals surface area contributed by atoms with E-state index < -0.39 is 26.8 Å². The number of benzene rings is 1. The van der Waals surface area contributed by atoms with Gasteiger partial charge in [0, 0.05) is 23.7 Å². The molecule has 0 aliphatic carbocycles. The number of hydrogen-bond acceptors (Lipinski definition) is 5. The summed E-state index contributed by atoms with van der Waals surface area (Å²) in [5, 5.41) is -0.665. The van der Waals surface area contributed by atoms with Crippen LogP contribution in [-0.2, 0) is 15.9 Å². The van der Waals surface area contributed by atoms with Gasteiger partial charge in [-0.3, -0.25) is 4.98 Å². The first-order valence-corrected chi connectivity index (χ1v) is 10.8. The van der Waals surface area contributed by atoms with E-state index in [1.165, 1.54) is 24.5 Å². The number of hydrogen-bond donors (Lipinski definition) is 0. The first kappa shape index (κ1) is 20.5. The predicted molar refractivity (Wildman–Crippen MR) is 105 cm³/mol. The lowest BCUT2D eigenvalue weighted by molar-refractivity contribution is -0.141. The molecular weight excluding hydrogens is 407 g/mol. The van der Waals surface area contributed by atoms with Crippen molar-refractivity contribution in [2.75, 3.05) is 7.05 Å². The van der Waals surface area contributed by atoms with E-state index in [0.29, 0.717) is 9.90 Å². The van der Waals surface area contributed by atoms with Crippen molar-refractivity contribution in [3.8, 4) is 11.3 Å². The van der Waals surface area contributed by atoms with Crippen LogP contribution in [0.2, 0.25) is 0 Å². The van der Waals surface area contributed by atoms with Gasteiger partial charge in [0.1, 0.15) is 15.4 Å². The van der Waals surface area contributed by atoms with Crippen molar-refractivity contribution in [3.05, 3.63) is 64.8 Å². The molecule has 0 spiro atoms. The number of halogens is 3. The maximum Gasteiger partial charge on any atom is 0.433 e. The summed E-state index contributed by atoms with van der Waals surface area (Å²) in [6.07, 6.45) is -3.41. The van der Waals surface area contributed by atoms with Gasteiger partial charge < -0.3 is 0 Å². The quantitative estimate of drug-likeness (QED) is 0.535. The third-order valence-corrected chi connectivity index (χ3v) is 8.47. The molecule has 0 N–H and O–H groups in total. The SMILES string of the molecule is CN=S(=O)(c1nc(-c2ccccc2)c(C)s1)C(C)c1ccc(C(F)(F)F)nc1. The van der Waals surface area contributed by atoms with Gasteiger partial charge in [0.2, 0.25) is 0 Å². The zero-order chi connectivity index (χ0) is 20.5. The Morgan fingerprint density at radius 2 is 1.82 bits per heavy atom. The normalized spacial score (nSPS) is 15.1. The van der Waals surface area contributed by atoms with Gasteiger partial charge in [-0.15, -0.1) is 11.3 Å². The van der Waals surface area contributed by atoms with Crippen molar-refractivity contribution in [1.29, 1.82) is 0 Å². The van der Waals surface area contributed by atoms with E-state index in [0.717, 1.165) is 28.4 Å². The first-order valence-electron chi connectivity index (χ1n) is 8.37. The molecule has 2 atom stereocenters. The van der Waals surface area contributed by atoms with Crippen molar-refractivity contribution in [2.45, 2.75) is 29.6 Å². The van der Waals surface area contributed by atoms with Gasteiger partial charge in [-0.25, -0.2) is 13.6 Å². The zero-order valence-corrected chi connectivity index (χ0v) is 17.0. The van der Waals surface area contributed by atoms with Gasteiger partial charge in [-0.2, -0.15) is 13.2 Å². The lowest BCUT2D eigenvalue weighted by Crippen LogP contribution is -2.13. The van der Waals surface area contributed by atoms with Crippen LogP contribution >= 0.6 is 11.3 Å². The summed E-state index contributed by atoms with van der Waals surface area (Å²) in [7, 11) is -1.54. The maximum absolute atomic E-state index is 13.7. The Morgan fingerprint density at radius 1 is 1.14 bits per heavy atom. The largest absolute Gasteiger partial charge is 0.433 e. The van der Waals surface area contributed by atoms with Crippen molar-refractivity contribution in [1.82, 2.24) is 9.97 Å². The number of nitrogens with zero attached hydrogens (tertiary/aromatic N) is 3. The van der Waals surface area contributed by atoms with Crippen LogP contribution in [0.25, 0.3) is 11.3 Å². The Labute approximate surface area is 165 Å². The molecule has 0 amide bonds. The predicted octanol–water partition coefficient (Wildman–Crippen LogP) is 5.75. The van der Waals surface area contributed by atoms with Gasteiger partial charge >= 0.3 is 6.18 Å². The molecule has 0 saturated heterocycles. The molecule has 148 valence electrons. The molecule has 2 unspecified atom stereocenters. The maximum atomic E-state index is 13.7. The summed E-state index contributed by atoms with van der Waals surface area (Å²) in [6.45, 7) is 3.56. The zero-order valence-electron chi connectivity index (χ0n) is 15.4. The second-order valence-electron chi connectivity index (χ2n) is 6.12. The van der Waals surface area contributed by atoms with E-state index >= 15 is 0 Å². The molecule has 3 aromatic rings. The van der Waals surface area contributed by atoms with Crippen LogP contribution in [0.5, 0.6) is 0 Å². The standard InChI is InChI=1S/C19H18F3N3OS2/c1-12-17(14-7-5-4-6-8-14)25-18(27-12)28(26,23-3)13(2)15-9-10-16(24-11-15)19(20,21)22/h4-11,13H,1-3H3. The smallest absolute Gasteiger partial charge is 0.251 e. The van der Waals surface area contributed by atoms with E-state index in [2.05, 4.69) is 14.3 Å². The van der Waals surface area contributed by atoms with Crippen molar-refractivity contribution in [3.63, 3.8) is 0 Å². The monoisotopic (exact) mass is 425 g/mol. The summed E-state index contributed by atoms with van der Waals surface area (Å²) < 4.78 is 56.4. The van der Waals surface area contributed by atoms with Crippen LogP contribution in [0.15, 0.2) is 57.4 Å². The third kappa shape index (κ3) is 3.81. The van der Waals surface area contributed by atoms with Crippen molar-refractivity contribution in [2.24, 2.45) is 4.36 Å². The number of pyridine rings is 1. The van der Waals surface area contributed by atoms with Crippen LogP contribution < -0.4 is 0 Å². The summed E-state index contributed by atoms with van der Waals surface area (Å²) in [5.41, 5.74) is 1.07. The van der Waals surface area contributed by atoms with Gasteiger partial charge in [0.15, 0.2) is 4.34 Å². The molecule has 3 rings (SSSR count). The molecule has 0 saturated carbocycles. The number of thiazole rings is 1. The highest BCUT2D eigenvalue weighted by atomic mass is 32.2. The van der Waals surface area contributed by atoms with E-state index in [4.69, 9.17) is 0 Å². The van der Waals surface area contributed by atoms with Crippen molar-refractivity contribution >= 4 is 21.1 Å². The fourth-order valence-corrected chi connectivity index (χ4v) is 6.42. The minimum absolute atomic E-state index is 0.360. The van der Waals surface area contributed by atoms with Gasteiger partial charge in [0.25, 0.3) is 0 Å². The molecule has 2 heterocycles. The number of aromatic nitrogens is 2. The number of rotatable bonds is 4. The summed E-state index contributed by atoms with van der Waals surface area (Å²) in [5.74, 6) is 0. The Morgan fingerprint density at radius 3 is 2.36 bits per heavy atom. The highest BCUT2D eigenvalue weighted by Crippen LogP contribution is 2.37. The molecule has 0 bridgehead atoms. The first-order chi connectivity index (χ1) is 13.2. The van der Waals surface area contributed by atoms with E-state index in [1.54, 1.807) is 6.92 Å². The fourth-order valence-electron chi connectivity index (χ4n) is 2.75. The summed E-state index contributed by atoms with van der Waals surface area (Å²) in [4.78, 5) is 8.95. The summed E-state index contributed by atoms with van der Waals surface area (Å²) >= 11 is 1.29. The van der Waals surface area contributed by atoms with E-state index in [9.17, 15) is 17.4 Å². The second kappa shape index (κ2) is 7.63. The highest BCUT2D eigenvalue weighted by Gasteiger charge is 2.33. The van der Waals surface area contributed by atoms with E-state index in [1.807, 2.05) is 37.3 Å².